The Balaban J connectivity index is 1.79. The molecule has 1 aliphatic heterocycles. The predicted octanol–water partition coefficient (Wildman–Crippen LogP) is 3.51. The number of unbranched alkanes of at least 4 members (excludes halogenated alkanes) is 2. The number of hydrogen-bond acceptors (Lipinski definition) is 8. The monoisotopic (exact) mass is 567 g/mol. The maximum atomic E-state index is 13.4. The Morgan fingerprint density at radius 1 is 1.21 bits per heavy atom. The summed E-state index contributed by atoms with van der Waals surface area (Å²) in [5, 5.41) is 4.79. The van der Waals surface area contributed by atoms with Crippen molar-refractivity contribution in [3.8, 4) is 11.4 Å². The van der Waals surface area contributed by atoms with Crippen molar-refractivity contribution in [2.45, 2.75) is 45.6 Å². The lowest BCUT2D eigenvalue weighted by Crippen LogP contribution is -2.53. The first-order valence-electron chi connectivity index (χ1n) is 12.3. The maximum absolute atomic E-state index is 13.4. The Labute approximate surface area is 228 Å². The molecular weight excluding hydrogens is 534 g/mol. The third kappa shape index (κ3) is 7.95. The molecule has 13 heteroatoms. The van der Waals surface area contributed by atoms with E-state index in [0.717, 1.165) is 23.6 Å². The van der Waals surface area contributed by atoms with Crippen LogP contribution in [0.4, 0.5) is 10.5 Å². The van der Waals surface area contributed by atoms with Crippen LogP contribution >= 0.6 is 11.6 Å². The molecule has 208 valence electrons. The van der Waals surface area contributed by atoms with Gasteiger partial charge < -0.3 is 14.4 Å². The van der Waals surface area contributed by atoms with Gasteiger partial charge in [0, 0.05) is 31.2 Å². The normalized spacial score (nSPS) is 14.7. The minimum absolute atomic E-state index is 0.0777. The molecule has 1 saturated heterocycles. The van der Waals surface area contributed by atoms with Gasteiger partial charge in [-0.05, 0) is 58.2 Å². The molecule has 1 amide bonds. The lowest BCUT2D eigenvalue weighted by molar-refractivity contribution is 0.0567. The summed E-state index contributed by atoms with van der Waals surface area (Å²) in [5.41, 5.74) is -0.322. The smallest absolute Gasteiger partial charge is 0.422 e. The Bertz CT molecular complexity index is 1300. The van der Waals surface area contributed by atoms with Crippen LogP contribution in [0.15, 0.2) is 47.9 Å². The highest BCUT2D eigenvalue weighted by Gasteiger charge is 2.31. The van der Waals surface area contributed by atoms with Crippen molar-refractivity contribution in [2.24, 2.45) is 0 Å². The van der Waals surface area contributed by atoms with E-state index in [0.29, 0.717) is 23.0 Å². The second kappa shape index (κ2) is 12.6. The summed E-state index contributed by atoms with van der Waals surface area (Å²) < 4.78 is 40.7. The fourth-order valence-corrected chi connectivity index (χ4v) is 5.00. The molecule has 2 heterocycles. The van der Waals surface area contributed by atoms with E-state index >= 15 is 0 Å². The molecule has 0 atom stereocenters. The van der Waals surface area contributed by atoms with Crippen LogP contribution in [0.5, 0.6) is 5.75 Å². The summed E-state index contributed by atoms with van der Waals surface area (Å²) in [5.74, 6) is 0.127. The number of rotatable bonds is 10. The Morgan fingerprint density at radius 2 is 1.92 bits per heavy atom. The van der Waals surface area contributed by atoms with Crippen molar-refractivity contribution in [1.82, 2.24) is 18.8 Å². The van der Waals surface area contributed by atoms with E-state index in [9.17, 15) is 18.0 Å². The Kier molecular flexibility index (Phi) is 9.80. The van der Waals surface area contributed by atoms with Crippen molar-refractivity contribution in [3.63, 3.8) is 0 Å². The Morgan fingerprint density at radius 3 is 2.55 bits per heavy atom. The highest BCUT2D eigenvalue weighted by atomic mass is 35.5. The summed E-state index contributed by atoms with van der Waals surface area (Å²) in [6, 6.07) is 6.77. The number of carbonyl (C=O) groups excluding carboxylic acids is 1. The first kappa shape index (κ1) is 29.5. The number of halogens is 1. The largest absolute Gasteiger partial charge is 0.486 e. The number of ether oxygens (including phenoxy) is 2. The zero-order chi connectivity index (χ0) is 27.9. The van der Waals surface area contributed by atoms with Gasteiger partial charge in [-0.1, -0.05) is 23.7 Å². The van der Waals surface area contributed by atoms with E-state index in [1.54, 1.807) is 45.0 Å². The average molecular weight is 568 g/mol. The lowest BCUT2D eigenvalue weighted by atomic mass is 10.2. The minimum Gasteiger partial charge on any atom is -0.486 e. The molecule has 3 rings (SSSR count). The molecule has 1 N–H and O–H groups in total. The van der Waals surface area contributed by atoms with E-state index in [4.69, 9.17) is 21.1 Å². The number of nitrogens with one attached hydrogen (secondary N) is 1. The fourth-order valence-electron chi connectivity index (χ4n) is 3.79. The third-order valence-corrected chi connectivity index (χ3v) is 7.25. The van der Waals surface area contributed by atoms with Crippen LogP contribution in [0.2, 0.25) is 5.02 Å². The van der Waals surface area contributed by atoms with Gasteiger partial charge >= 0.3 is 21.9 Å². The van der Waals surface area contributed by atoms with Crippen molar-refractivity contribution in [2.75, 3.05) is 37.7 Å². The molecule has 0 bridgehead atoms. The number of amides is 1. The van der Waals surface area contributed by atoms with Crippen LogP contribution < -0.4 is 19.9 Å². The van der Waals surface area contributed by atoms with E-state index in [-0.39, 0.29) is 31.9 Å². The first-order chi connectivity index (χ1) is 17.9. The highest BCUT2D eigenvalue weighted by molar-refractivity contribution is 7.87. The summed E-state index contributed by atoms with van der Waals surface area (Å²) >= 11 is 6.11. The average Bonchev–Trinajstić information content (AvgIpc) is 2.83. The zero-order valence-electron chi connectivity index (χ0n) is 21.9. The number of benzene rings is 1. The van der Waals surface area contributed by atoms with Crippen molar-refractivity contribution in [1.29, 1.82) is 0 Å². The molecule has 0 aliphatic carbocycles. The number of anilines is 1. The van der Waals surface area contributed by atoms with Crippen LogP contribution in [0, 0.1) is 0 Å². The lowest BCUT2D eigenvalue weighted by Gasteiger charge is -2.35. The quantitative estimate of drug-likeness (QED) is 0.342. The molecule has 0 saturated carbocycles. The number of allylic oxidation sites excluding steroid dienone is 1. The van der Waals surface area contributed by atoms with Gasteiger partial charge in [-0.25, -0.2) is 9.52 Å². The summed E-state index contributed by atoms with van der Waals surface area (Å²) in [6.07, 6.45) is 4.76. The minimum atomic E-state index is -4.10. The topological polar surface area (TPSA) is 123 Å². The summed E-state index contributed by atoms with van der Waals surface area (Å²) in [6.45, 7) is 9.64. The molecule has 2 aromatic rings. The van der Waals surface area contributed by atoms with Crippen molar-refractivity contribution < 1.29 is 22.7 Å². The van der Waals surface area contributed by atoms with Crippen LogP contribution in [-0.4, -0.2) is 67.0 Å². The molecular formula is C25H34ClN5O6S. The number of carbonyl (C=O) groups is 1. The molecule has 38 heavy (non-hydrogen) atoms. The first-order valence-corrected chi connectivity index (χ1v) is 14.1. The molecule has 0 radical (unpaired) electrons. The standard InChI is InChI=1S/C25H34ClN5O6S/c1-5-6-7-8-16-36-22-21(18-27-31(23(22)32)20-11-9-10-19(26)17-20)29-12-14-30(15-13-29)38(34,35)28-24(33)37-25(2,3)4/h5,9-11,17-18H,1,6-8,12-16H2,2-4H3,(H,28,33). The van der Waals surface area contributed by atoms with Gasteiger partial charge in [0.25, 0.3) is 0 Å². The van der Waals surface area contributed by atoms with E-state index in [1.165, 1.54) is 10.9 Å². The van der Waals surface area contributed by atoms with Crippen LogP contribution in [0.3, 0.4) is 0 Å². The van der Waals surface area contributed by atoms with Gasteiger partial charge in [-0.15, -0.1) is 6.58 Å². The van der Waals surface area contributed by atoms with Crippen molar-refractivity contribution in [3.05, 3.63) is 58.5 Å². The number of aromatic nitrogens is 2. The molecule has 1 fully saturated rings. The molecule has 1 aromatic heterocycles. The van der Waals surface area contributed by atoms with Gasteiger partial charge in [0.15, 0.2) is 0 Å². The van der Waals surface area contributed by atoms with Gasteiger partial charge in [-0.3, -0.25) is 4.79 Å². The Hall–Kier alpha value is -3.09. The molecule has 0 spiro atoms. The van der Waals surface area contributed by atoms with E-state index in [1.807, 2.05) is 15.7 Å². The van der Waals surface area contributed by atoms with Crippen molar-refractivity contribution >= 4 is 33.6 Å². The second-order valence-corrected chi connectivity index (χ2v) is 11.8. The van der Waals surface area contributed by atoms with Crippen LogP contribution in [0.25, 0.3) is 5.69 Å². The van der Waals surface area contributed by atoms with Crippen LogP contribution in [0.1, 0.15) is 40.0 Å². The second-order valence-electron chi connectivity index (χ2n) is 9.68. The van der Waals surface area contributed by atoms with Gasteiger partial charge in [0.1, 0.15) is 11.3 Å². The SMILES string of the molecule is C=CCCCCOc1c(N2CCN(S(=O)(=O)NC(=O)OC(C)(C)C)CC2)cnn(-c2cccc(Cl)c2)c1=O. The predicted molar refractivity (Wildman–Crippen MR) is 146 cm³/mol. The van der Waals surface area contributed by atoms with Crippen LogP contribution in [-0.2, 0) is 14.9 Å². The highest BCUT2D eigenvalue weighted by Crippen LogP contribution is 2.26. The van der Waals surface area contributed by atoms with Gasteiger partial charge in [0.05, 0.1) is 18.5 Å². The number of piperazine rings is 1. The van der Waals surface area contributed by atoms with E-state index in [2.05, 4.69) is 11.7 Å². The zero-order valence-corrected chi connectivity index (χ0v) is 23.4. The third-order valence-electron chi connectivity index (χ3n) is 5.55. The molecule has 11 nitrogen and oxygen atoms in total. The summed E-state index contributed by atoms with van der Waals surface area (Å²) in [4.78, 5) is 27.3. The van der Waals surface area contributed by atoms with Gasteiger partial charge in [-0.2, -0.15) is 22.5 Å². The molecule has 1 aliphatic rings. The number of nitrogens with zero attached hydrogens (tertiary/aromatic N) is 4. The fraction of sp³-hybridized carbons (Fsp3) is 0.480. The number of hydrogen-bond donors (Lipinski definition) is 1. The van der Waals surface area contributed by atoms with E-state index < -0.39 is 27.5 Å². The van der Waals surface area contributed by atoms with Gasteiger partial charge in [0.2, 0.25) is 5.75 Å². The molecule has 0 unspecified atom stereocenters. The molecule has 1 aromatic carbocycles. The summed E-state index contributed by atoms with van der Waals surface area (Å²) in [7, 11) is -4.10. The maximum Gasteiger partial charge on any atom is 0.422 e.